The number of H-pyrrole nitrogens is 1. The first-order chi connectivity index (χ1) is 11.9. The van der Waals surface area contributed by atoms with Gasteiger partial charge in [0.15, 0.2) is 22.5 Å². The summed E-state index contributed by atoms with van der Waals surface area (Å²) in [5.74, 6) is 0.926. The molecule has 130 valence electrons. The first-order valence-corrected chi connectivity index (χ1v) is 9.56. The smallest absolute Gasteiger partial charge is 0.191 e. The number of hydrogen-bond donors (Lipinski definition) is 1. The maximum Gasteiger partial charge on any atom is 0.191 e. The van der Waals surface area contributed by atoms with Crippen LogP contribution in [0.5, 0.6) is 0 Å². The Hall–Kier alpha value is -2.19. The summed E-state index contributed by atoms with van der Waals surface area (Å²) in [6, 6.07) is 3.95. The minimum atomic E-state index is -0.0567. The third-order valence-electron chi connectivity index (χ3n) is 3.98. The molecule has 0 saturated heterocycles. The zero-order valence-electron chi connectivity index (χ0n) is 14.4. The molecule has 0 aliphatic carbocycles. The maximum absolute atomic E-state index is 12.6. The number of nitrogens with one attached hydrogen (secondary N) is 1. The molecular formula is C17H18N4O2S2. The van der Waals surface area contributed by atoms with E-state index in [0.717, 1.165) is 16.4 Å². The first kappa shape index (κ1) is 17.6. The Morgan fingerprint density at radius 1 is 1.32 bits per heavy atom. The van der Waals surface area contributed by atoms with Gasteiger partial charge in [-0.3, -0.25) is 9.59 Å². The maximum atomic E-state index is 12.6. The number of thiophene rings is 1. The minimum absolute atomic E-state index is 0.0353. The lowest BCUT2D eigenvalue weighted by Gasteiger charge is -2.03. The molecule has 0 unspecified atom stereocenters. The largest absolute Gasteiger partial charge is 0.355 e. The molecule has 1 N–H and O–H groups in total. The minimum Gasteiger partial charge on any atom is -0.355 e. The number of aromatic amines is 1. The number of aromatic nitrogens is 4. The predicted octanol–water partition coefficient (Wildman–Crippen LogP) is 3.67. The van der Waals surface area contributed by atoms with E-state index in [1.165, 1.54) is 18.7 Å². The van der Waals surface area contributed by atoms with Crippen LogP contribution in [0.4, 0.5) is 0 Å². The summed E-state index contributed by atoms with van der Waals surface area (Å²) in [6.45, 7) is 5.12. The molecule has 0 atom stereocenters. The third kappa shape index (κ3) is 3.32. The van der Waals surface area contributed by atoms with E-state index < -0.39 is 0 Å². The Morgan fingerprint density at radius 3 is 2.68 bits per heavy atom. The molecule has 0 radical (unpaired) electrons. The van der Waals surface area contributed by atoms with Crippen molar-refractivity contribution in [1.29, 1.82) is 0 Å². The fraction of sp³-hybridized carbons (Fsp3) is 0.294. The fourth-order valence-corrected chi connectivity index (χ4v) is 4.35. The molecule has 0 spiro atoms. The van der Waals surface area contributed by atoms with Crippen LogP contribution in [0.25, 0.3) is 10.7 Å². The Bertz CT molecular complexity index is 938. The predicted molar refractivity (Wildman–Crippen MR) is 99.6 cm³/mol. The quantitative estimate of drug-likeness (QED) is 0.526. The van der Waals surface area contributed by atoms with Gasteiger partial charge in [-0.15, -0.1) is 21.5 Å². The van der Waals surface area contributed by atoms with Gasteiger partial charge in [-0.2, -0.15) is 0 Å². The molecule has 0 amide bonds. The van der Waals surface area contributed by atoms with E-state index in [4.69, 9.17) is 0 Å². The Labute approximate surface area is 153 Å². The Morgan fingerprint density at radius 2 is 2.08 bits per heavy atom. The van der Waals surface area contributed by atoms with Gasteiger partial charge in [0.05, 0.1) is 16.3 Å². The molecule has 0 aromatic carbocycles. The fourth-order valence-electron chi connectivity index (χ4n) is 2.82. The van der Waals surface area contributed by atoms with E-state index in [1.54, 1.807) is 18.3 Å². The third-order valence-corrected chi connectivity index (χ3v) is 5.86. The molecule has 0 aliphatic heterocycles. The molecule has 0 bridgehead atoms. The van der Waals surface area contributed by atoms with Crippen molar-refractivity contribution in [2.75, 3.05) is 5.75 Å². The normalized spacial score (nSPS) is 11.0. The highest BCUT2D eigenvalue weighted by molar-refractivity contribution is 7.99. The van der Waals surface area contributed by atoms with Crippen LogP contribution in [0.1, 0.15) is 39.0 Å². The molecule has 0 fully saturated rings. The van der Waals surface area contributed by atoms with Crippen molar-refractivity contribution in [3.8, 4) is 10.7 Å². The number of nitrogens with zero attached hydrogens (tertiary/aromatic N) is 3. The van der Waals surface area contributed by atoms with Gasteiger partial charge in [0.2, 0.25) is 0 Å². The van der Waals surface area contributed by atoms with Crippen LogP contribution in [0.15, 0.2) is 22.7 Å². The zero-order valence-corrected chi connectivity index (χ0v) is 16.0. The second kappa shape index (κ2) is 6.97. The highest BCUT2D eigenvalue weighted by Crippen LogP contribution is 2.27. The van der Waals surface area contributed by atoms with Gasteiger partial charge < -0.3 is 9.55 Å². The molecule has 3 heterocycles. The SMILES string of the molecule is CC(=O)c1c(C)[nH]c(C(=O)CSc2nnc(-c3cccs3)n2C)c1C. The second-order valence-electron chi connectivity index (χ2n) is 5.74. The van der Waals surface area contributed by atoms with Gasteiger partial charge in [-0.1, -0.05) is 17.8 Å². The summed E-state index contributed by atoms with van der Waals surface area (Å²) in [7, 11) is 1.89. The van der Waals surface area contributed by atoms with E-state index in [-0.39, 0.29) is 17.3 Å². The van der Waals surface area contributed by atoms with Gasteiger partial charge in [0, 0.05) is 18.3 Å². The highest BCUT2D eigenvalue weighted by atomic mass is 32.2. The van der Waals surface area contributed by atoms with Crippen LogP contribution < -0.4 is 0 Å². The molecule has 3 aromatic heterocycles. The summed E-state index contributed by atoms with van der Waals surface area (Å²) in [6.07, 6.45) is 0. The van der Waals surface area contributed by atoms with Crippen molar-refractivity contribution < 1.29 is 9.59 Å². The molecule has 8 heteroatoms. The van der Waals surface area contributed by atoms with E-state index in [1.807, 2.05) is 36.1 Å². The van der Waals surface area contributed by atoms with Crippen LogP contribution in [0.2, 0.25) is 0 Å². The lowest BCUT2D eigenvalue weighted by molar-refractivity contribution is 0.101. The number of rotatable bonds is 6. The van der Waals surface area contributed by atoms with Crippen molar-refractivity contribution in [3.63, 3.8) is 0 Å². The van der Waals surface area contributed by atoms with Crippen molar-refractivity contribution in [2.24, 2.45) is 7.05 Å². The summed E-state index contributed by atoms with van der Waals surface area (Å²) >= 11 is 2.94. The number of carbonyl (C=O) groups is 2. The van der Waals surface area contributed by atoms with Gasteiger partial charge in [0.1, 0.15) is 0 Å². The van der Waals surface area contributed by atoms with Gasteiger partial charge in [-0.05, 0) is 37.8 Å². The first-order valence-electron chi connectivity index (χ1n) is 7.69. The molecule has 25 heavy (non-hydrogen) atoms. The van der Waals surface area contributed by atoms with Crippen molar-refractivity contribution in [2.45, 2.75) is 25.9 Å². The Kier molecular flexibility index (Phi) is 4.91. The molecule has 0 aliphatic rings. The lowest BCUT2D eigenvalue weighted by atomic mass is 10.1. The highest BCUT2D eigenvalue weighted by Gasteiger charge is 2.21. The van der Waals surface area contributed by atoms with Crippen molar-refractivity contribution in [1.82, 2.24) is 19.7 Å². The van der Waals surface area contributed by atoms with Crippen molar-refractivity contribution >= 4 is 34.7 Å². The number of thioether (sulfide) groups is 1. The van der Waals surface area contributed by atoms with Crippen LogP contribution in [-0.4, -0.2) is 37.1 Å². The number of Topliss-reactive ketones (excluding diaryl/α,β-unsaturated/α-hetero) is 2. The monoisotopic (exact) mass is 374 g/mol. The molecule has 3 aromatic rings. The number of carbonyl (C=O) groups excluding carboxylic acids is 2. The average Bonchev–Trinajstić information content (AvgIpc) is 3.25. The molecule has 6 nitrogen and oxygen atoms in total. The summed E-state index contributed by atoms with van der Waals surface area (Å²) < 4.78 is 1.89. The molecule has 0 saturated carbocycles. The molecular weight excluding hydrogens is 356 g/mol. The van der Waals surface area contributed by atoms with Crippen LogP contribution >= 0.6 is 23.1 Å². The van der Waals surface area contributed by atoms with Gasteiger partial charge in [0.25, 0.3) is 0 Å². The topological polar surface area (TPSA) is 80.6 Å². The summed E-state index contributed by atoms with van der Waals surface area (Å²) in [5, 5.41) is 11.1. The van der Waals surface area contributed by atoms with E-state index >= 15 is 0 Å². The number of aryl methyl sites for hydroxylation is 1. The second-order valence-corrected chi connectivity index (χ2v) is 7.63. The lowest BCUT2D eigenvalue weighted by Crippen LogP contribution is -2.06. The van der Waals surface area contributed by atoms with Crippen LogP contribution in [0, 0.1) is 13.8 Å². The van der Waals surface area contributed by atoms with E-state index in [0.29, 0.717) is 22.0 Å². The molecule has 3 rings (SSSR count). The number of ketones is 2. The Balaban J connectivity index is 1.76. The zero-order chi connectivity index (χ0) is 18.1. The van der Waals surface area contributed by atoms with Crippen LogP contribution in [-0.2, 0) is 7.05 Å². The summed E-state index contributed by atoms with van der Waals surface area (Å²) in [5.41, 5.74) is 2.55. The number of hydrogen-bond acceptors (Lipinski definition) is 6. The van der Waals surface area contributed by atoms with Crippen LogP contribution in [0.3, 0.4) is 0 Å². The standard InChI is InChI=1S/C17H18N4O2S2/c1-9-14(11(3)22)10(2)18-15(9)12(23)8-25-17-20-19-16(21(17)4)13-6-5-7-24-13/h5-7,18H,8H2,1-4H3. The average molecular weight is 374 g/mol. The van der Waals surface area contributed by atoms with Gasteiger partial charge >= 0.3 is 0 Å². The van der Waals surface area contributed by atoms with Gasteiger partial charge in [-0.25, -0.2) is 0 Å². The van der Waals surface area contributed by atoms with E-state index in [2.05, 4.69) is 15.2 Å². The van der Waals surface area contributed by atoms with Crippen molar-refractivity contribution in [3.05, 3.63) is 40.0 Å². The summed E-state index contributed by atoms with van der Waals surface area (Å²) in [4.78, 5) is 28.3. The van der Waals surface area contributed by atoms with E-state index in [9.17, 15) is 9.59 Å².